The van der Waals surface area contributed by atoms with Crippen LogP contribution in [0.1, 0.15) is 11.3 Å². The molecule has 1 aromatic heterocycles. The first-order chi connectivity index (χ1) is 7.88. The molecule has 0 saturated carbocycles. The van der Waals surface area contributed by atoms with Crippen LogP contribution in [0.5, 0.6) is 5.75 Å². The van der Waals surface area contributed by atoms with Crippen molar-refractivity contribution in [1.82, 2.24) is 0 Å². The van der Waals surface area contributed by atoms with Gasteiger partial charge >= 0.3 is 0 Å². The molecule has 2 rings (SSSR count). The van der Waals surface area contributed by atoms with Crippen LogP contribution in [0.4, 0.5) is 0 Å². The molecule has 16 heavy (non-hydrogen) atoms. The molecule has 0 radical (unpaired) electrons. The van der Waals surface area contributed by atoms with Crippen LogP contribution in [0.15, 0.2) is 47.1 Å². The van der Waals surface area contributed by atoms with Crippen molar-refractivity contribution in [3.8, 4) is 5.75 Å². The molecule has 0 amide bonds. The Balaban J connectivity index is 1.90. The van der Waals surface area contributed by atoms with Gasteiger partial charge in [-0.05, 0) is 42.8 Å². The first-order valence-corrected chi connectivity index (χ1v) is 5.32. The third-order valence-corrected chi connectivity index (χ3v) is 2.32. The summed E-state index contributed by atoms with van der Waals surface area (Å²) in [7, 11) is 0. The lowest BCUT2D eigenvalue weighted by Crippen LogP contribution is -2.02. The Hall–Kier alpha value is -1.74. The summed E-state index contributed by atoms with van der Waals surface area (Å²) >= 11 is 0. The van der Waals surface area contributed by atoms with Gasteiger partial charge < -0.3 is 14.9 Å². The Morgan fingerprint density at radius 2 is 1.94 bits per heavy atom. The van der Waals surface area contributed by atoms with Crippen LogP contribution in [0.3, 0.4) is 0 Å². The highest BCUT2D eigenvalue weighted by Gasteiger charge is 1.98. The fourth-order valence-corrected chi connectivity index (χ4v) is 1.47. The van der Waals surface area contributed by atoms with E-state index in [2.05, 4.69) is 0 Å². The first kappa shape index (κ1) is 10.8. The van der Waals surface area contributed by atoms with Crippen molar-refractivity contribution in [2.24, 2.45) is 5.73 Å². The van der Waals surface area contributed by atoms with Crippen molar-refractivity contribution in [3.63, 3.8) is 0 Å². The summed E-state index contributed by atoms with van der Waals surface area (Å²) in [6.07, 6.45) is 2.54. The second kappa shape index (κ2) is 5.37. The van der Waals surface area contributed by atoms with Gasteiger partial charge in [0.2, 0.25) is 0 Å². The van der Waals surface area contributed by atoms with E-state index in [9.17, 15) is 0 Å². The molecule has 3 nitrogen and oxygen atoms in total. The van der Waals surface area contributed by atoms with Gasteiger partial charge in [-0.25, -0.2) is 0 Å². The molecule has 2 aromatic rings. The van der Waals surface area contributed by atoms with Crippen LogP contribution < -0.4 is 10.5 Å². The van der Waals surface area contributed by atoms with Crippen LogP contribution in [0, 0.1) is 0 Å². The summed E-state index contributed by atoms with van der Waals surface area (Å²) in [4.78, 5) is 0. The maximum absolute atomic E-state index is 5.56. The number of rotatable bonds is 5. The SMILES string of the molecule is NCCc1ccc(OCc2ccco2)cc1. The largest absolute Gasteiger partial charge is 0.486 e. The molecule has 0 aliphatic heterocycles. The van der Waals surface area contributed by atoms with Crippen molar-refractivity contribution < 1.29 is 9.15 Å². The Morgan fingerprint density at radius 3 is 2.56 bits per heavy atom. The van der Waals surface area contributed by atoms with E-state index in [-0.39, 0.29) is 0 Å². The van der Waals surface area contributed by atoms with E-state index in [0.29, 0.717) is 13.2 Å². The molecule has 0 aliphatic rings. The smallest absolute Gasteiger partial charge is 0.146 e. The monoisotopic (exact) mass is 217 g/mol. The number of furan rings is 1. The molecule has 0 fully saturated rings. The normalized spacial score (nSPS) is 10.3. The van der Waals surface area contributed by atoms with E-state index in [1.807, 2.05) is 36.4 Å². The molecule has 0 spiro atoms. The summed E-state index contributed by atoms with van der Waals surface area (Å²) < 4.78 is 10.7. The highest BCUT2D eigenvalue weighted by Crippen LogP contribution is 2.14. The lowest BCUT2D eigenvalue weighted by molar-refractivity contribution is 0.270. The third kappa shape index (κ3) is 2.87. The molecular weight excluding hydrogens is 202 g/mol. The van der Waals surface area contributed by atoms with Gasteiger partial charge in [-0.2, -0.15) is 0 Å². The summed E-state index contributed by atoms with van der Waals surface area (Å²) in [5, 5.41) is 0. The number of ether oxygens (including phenoxy) is 1. The highest BCUT2D eigenvalue weighted by molar-refractivity contribution is 5.27. The van der Waals surface area contributed by atoms with Gasteiger partial charge in [-0.3, -0.25) is 0 Å². The maximum Gasteiger partial charge on any atom is 0.146 e. The van der Waals surface area contributed by atoms with Crippen molar-refractivity contribution in [3.05, 3.63) is 54.0 Å². The summed E-state index contributed by atoms with van der Waals surface area (Å²) in [6, 6.07) is 11.7. The molecule has 0 saturated heterocycles. The Labute approximate surface area is 94.8 Å². The molecule has 0 atom stereocenters. The van der Waals surface area contributed by atoms with Crippen molar-refractivity contribution in [2.75, 3.05) is 6.54 Å². The van der Waals surface area contributed by atoms with Gasteiger partial charge in [0, 0.05) is 0 Å². The average Bonchev–Trinajstić information content (AvgIpc) is 2.82. The zero-order valence-corrected chi connectivity index (χ0v) is 9.06. The fourth-order valence-electron chi connectivity index (χ4n) is 1.47. The Morgan fingerprint density at radius 1 is 1.12 bits per heavy atom. The van der Waals surface area contributed by atoms with Gasteiger partial charge in [-0.1, -0.05) is 12.1 Å². The van der Waals surface area contributed by atoms with Crippen LogP contribution in [0.2, 0.25) is 0 Å². The van der Waals surface area contributed by atoms with Gasteiger partial charge in [0.15, 0.2) is 0 Å². The molecule has 0 bridgehead atoms. The zero-order valence-electron chi connectivity index (χ0n) is 9.06. The molecular formula is C13H15NO2. The minimum atomic E-state index is 0.462. The Kier molecular flexibility index (Phi) is 3.62. The average molecular weight is 217 g/mol. The zero-order chi connectivity index (χ0) is 11.2. The molecule has 3 heteroatoms. The molecule has 2 N–H and O–H groups in total. The number of hydrogen-bond donors (Lipinski definition) is 1. The quantitative estimate of drug-likeness (QED) is 0.836. The third-order valence-electron chi connectivity index (χ3n) is 2.32. The van der Waals surface area contributed by atoms with E-state index in [1.54, 1.807) is 6.26 Å². The Bertz CT molecular complexity index is 406. The van der Waals surface area contributed by atoms with E-state index in [0.717, 1.165) is 17.9 Å². The summed E-state index contributed by atoms with van der Waals surface area (Å²) in [5.74, 6) is 1.67. The highest BCUT2D eigenvalue weighted by atomic mass is 16.5. The van der Waals surface area contributed by atoms with Crippen LogP contribution in [-0.2, 0) is 13.0 Å². The second-order valence-corrected chi connectivity index (χ2v) is 3.55. The maximum atomic E-state index is 5.56. The predicted octanol–water partition coefficient (Wildman–Crippen LogP) is 2.36. The summed E-state index contributed by atoms with van der Waals surface area (Å²) in [5.41, 5.74) is 6.71. The van der Waals surface area contributed by atoms with Gasteiger partial charge in [0.05, 0.1) is 6.26 Å². The standard InChI is InChI=1S/C13H15NO2/c14-8-7-11-3-5-12(6-4-11)16-10-13-2-1-9-15-13/h1-6,9H,7-8,10,14H2. The first-order valence-electron chi connectivity index (χ1n) is 5.32. The number of nitrogens with two attached hydrogens (primary N) is 1. The molecule has 1 aromatic carbocycles. The molecule has 0 aliphatic carbocycles. The topological polar surface area (TPSA) is 48.4 Å². The van der Waals surface area contributed by atoms with Crippen molar-refractivity contribution in [1.29, 1.82) is 0 Å². The van der Waals surface area contributed by atoms with E-state index in [1.165, 1.54) is 5.56 Å². The van der Waals surface area contributed by atoms with Gasteiger partial charge in [0.25, 0.3) is 0 Å². The van der Waals surface area contributed by atoms with Crippen molar-refractivity contribution in [2.45, 2.75) is 13.0 Å². The minimum absolute atomic E-state index is 0.462. The van der Waals surface area contributed by atoms with Crippen LogP contribution in [0.25, 0.3) is 0 Å². The second-order valence-electron chi connectivity index (χ2n) is 3.55. The predicted molar refractivity (Wildman–Crippen MR) is 62.2 cm³/mol. The lowest BCUT2D eigenvalue weighted by Gasteiger charge is -2.05. The van der Waals surface area contributed by atoms with Gasteiger partial charge in [-0.15, -0.1) is 0 Å². The van der Waals surface area contributed by atoms with Crippen LogP contribution in [-0.4, -0.2) is 6.54 Å². The molecule has 1 heterocycles. The molecule has 84 valence electrons. The fraction of sp³-hybridized carbons (Fsp3) is 0.231. The van der Waals surface area contributed by atoms with E-state index >= 15 is 0 Å². The lowest BCUT2D eigenvalue weighted by atomic mass is 10.1. The van der Waals surface area contributed by atoms with Crippen molar-refractivity contribution >= 4 is 0 Å². The van der Waals surface area contributed by atoms with E-state index in [4.69, 9.17) is 14.9 Å². The number of benzene rings is 1. The van der Waals surface area contributed by atoms with E-state index < -0.39 is 0 Å². The van der Waals surface area contributed by atoms with Crippen LogP contribution >= 0.6 is 0 Å². The number of hydrogen-bond acceptors (Lipinski definition) is 3. The molecule has 0 unspecified atom stereocenters. The van der Waals surface area contributed by atoms with Gasteiger partial charge in [0.1, 0.15) is 18.1 Å². The summed E-state index contributed by atoms with van der Waals surface area (Å²) in [6.45, 7) is 1.13. The minimum Gasteiger partial charge on any atom is -0.486 e.